The third-order valence-electron chi connectivity index (χ3n) is 4.55. The first kappa shape index (κ1) is 19.5. The number of aromatic carboxylic acids is 1. The maximum absolute atomic E-state index is 14.7. The Morgan fingerprint density at radius 3 is 2.43 bits per heavy atom. The Labute approximate surface area is 161 Å². The molecule has 6 heteroatoms. The zero-order valence-electron chi connectivity index (χ0n) is 15.5. The number of benzene rings is 2. The van der Waals surface area contributed by atoms with Crippen LogP contribution in [0.1, 0.15) is 34.1 Å². The van der Waals surface area contributed by atoms with E-state index in [9.17, 15) is 18.7 Å². The van der Waals surface area contributed by atoms with Gasteiger partial charge < -0.3 is 9.84 Å². The maximum Gasteiger partial charge on any atom is 0.337 e. The van der Waals surface area contributed by atoms with Crippen molar-refractivity contribution < 1.29 is 23.4 Å². The van der Waals surface area contributed by atoms with Crippen LogP contribution >= 0.6 is 0 Å². The minimum Gasteiger partial charge on any atom is -0.497 e. The van der Waals surface area contributed by atoms with Crippen LogP contribution in [0.4, 0.5) is 8.78 Å². The van der Waals surface area contributed by atoms with Crippen LogP contribution in [0.3, 0.4) is 0 Å². The summed E-state index contributed by atoms with van der Waals surface area (Å²) in [5, 5.41) is 9.41. The van der Waals surface area contributed by atoms with Crippen molar-refractivity contribution in [2.24, 2.45) is 0 Å². The van der Waals surface area contributed by atoms with E-state index in [2.05, 4.69) is 4.98 Å². The van der Waals surface area contributed by atoms with Crippen molar-refractivity contribution in [3.05, 3.63) is 82.7 Å². The molecule has 0 radical (unpaired) electrons. The van der Waals surface area contributed by atoms with Gasteiger partial charge in [-0.25, -0.2) is 13.6 Å². The molecule has 144 valence electrons. The third kappa shape index (κ3) is 4.01. The Bertz CT molecular complexity index is 1010. The second-order valence-corrected chi connectivity index (χ2v) is 6.32. The molecular weight excluding hydrogens is 364 g/mol. The fourth-order valence-corrected chi connectivity index (χ4v) is 2.96. The molecule has 2 aromatic carbocycles. The zero-order chi connectivity index (χ0) is 20.3. The van der Waals surface area contributed by atoms with E-state index < -0.39 is 17.6 Å². The van der Waals surface area contributed by atoms with Crippen molar-refractivity contribution >= 4 is 5.97 Å². The molecule has 0 amide bonds. The zero-order valence-corrected chi connectivity index (χ0v) is 15.5. The van der Waals surface area contributed by atoms with Gasteiger partial charge in [-0.1, -0.05) is 19.1 Å². The smallest absolute Gasteiger partial charge is 0.337 e. The molecule has 28 heavy (non-hydrogen) atoms. The van der Waals surface area contributed by atoms with Crippen molar-refractivity contribution in [3.8, 4) is 16.9 Å². The molecule has 3 rings (SSSR count). The summed E-state index contributed by atoms with van der Waals surface area (Å²) >= 11 is 0. The number of hydrogen-bond donors (Lipinski definition) is 1. The molecular formula is C22H19F2NO3. The van der Waals surface area contributed by atoms with E-state index >= 15 is 0 Å². The van der Waals surface area contributed by atoms with Gasteiger partial charge in [0, 0.05) is 18.2 Å². The Hall–Kier alpha value is -3.28. The number of nitrogens with zero attached hydrogens (tertiary/aromatic N) is 1. The number of aryl methyl sites for hydroxylation is 1. The van der Waals surface area contributed by atoms with Crippen molar-refractivity contribution in [2.45, 2.75) is 19.8 Å². The quantitative estimate of drug-likeness (QED) is 0.659. The molecule has 0 saturated heterocycles. The van der Waals surface area contributed by atoms with Crippen LogP contribution in [0, 0.1) is 11.6 Å². The minimum absolute atomic E-state index is 0.0463. The molecule has 1 aromatic heterocycles. The molecule has 0 aliphatic rings. The van der Waals surface area contributed by atoms with Gasteiger partial charge in [0.1, 0.15) is 17.4 Å². The summed E-state index contributed by atoms with van der Waals surface area (Å²) in [5.74, 6) is -2.11. The lowest BCUT2D eigenvalue weighted by atomic mass is 9.98. The summed E-state index contributed by atoms with van der Waals surface area (Å²) < 4.78 is 34.5. The molecule has 4 nitrogen and oxygen atoms in total. The van der Waals surface area contributed by atoms with Crippen LogP contribution in [0.5, 0.6) is 5.75 Å². The van der Waals surface area contributed by atoms with E-state index in [1.54, 1.807) is 24.3 Å². The third-order valence-corrected chi connectivity index (χ3v) is 4.55. The van der Waals surface area contributed by atoms with Crippen molar-refractivity contribution in [2.75, 3.05) is 7.11 Å². The topological polar surface area (TPSA) is 59.4 Å². The van der Waals surface area contributed by atoms with Crippen LogP contribution in [-0.4, -0.2) is 23.2 Å². The van der Waals surface area contributed by atoms with Crippen LogP contribution in [0.15, 0.2) is 48.7 Å². The first-order valence-electron chi connectivity index (χ1n) is 8.76. The first-order valence-corrected chi connectivity index (χ1v) is 8.76. The SMILES string of the molecule is CCc1cnc(Cc2c(F)cc(-c3cccc(OC)c3)cc2F)c(C(=O)O)c1. The number of carboxylic acids is 1. The highest BCUT2D eigenvalue weighted by Gasteiger charge is 2.18. The molecule has 1 heterocycles. The fourth-order valence-electron chi connectivity index (χ4n) is 2.96. The number of aromatic nitrogens is 1. The van der Waals surface area contributed by atoms with E-state index in [0.29, 0.717) is 23.3 Å². The molecule has 0 atom stereocenters. The normalized spacial score (nSPS) is 10.7. The Morgan fingerprint density at radius 2 is 1.82 bits per heavy atom. The van der Waals surface area contributed by atoms with Crippen LogP contribution < -0.4 is 4.74 Å². The highest BCUT2D eigenvalue weighted by atomic mass is 19.1. The highest BCUT2D eigenvalue weighted by Crippen LogP contribution is 2.28. The van der Waals surface area contributed by atoms with E-state index in [4.69, 9.17) is 4.74 Å². The average molecular weight is 383 g/mol. The molecule has 0 saturated carbocycles. The maximum atomic E-state index is 14.7. The van der Waals surface area contributed by atoms with Gasteiger partial charge >= 0.3 is 5.97 Å². The second kappa shape index (κ2) is 8.17. The summed E-state index contributed by atoms with van der Waals surface area (Å²) in [5.41, 5.74) is 1.58. The number of pyridine rings is 1. The number of halogens is 2. The summed E-state index contributed by atoms with van der Waals surface area (Å²) in [6, 6.07) is 10.8. The summed E-state index contributed by atoms with van der Waals surface area (Å²) in [7, 11) is 1.51. The fraction of sp³-hybridized carbons (Fsp3) is 0.182. The molecule has 0 aliphatic heterocycles. The second-order valence-electron chi connectivity index (χ2n) is 6.32. The molecule has 1 N–H and O–H groups in total. The van der Waals surface area contributed by atoms with Crippen LogP contribution in [0.2, 0.25) is 0 Å². The average Bonchev–Trinajstić information content (AvgIpc) is 2.70. The number of methoxy groups -OCH3 is 1. The van der Waals surface area contributed by atoms with Gasteiger partial charge in [-0.05, 0) is 53.4 Å². The minimum atomic E-state index is -1.17. The number of ether oxygens (including phenoxy) is 1. The summed E-state index contributed by atoms with van der Waals surface area (Å²) in [6.07, 6.45) is 1.90. The van der Waals surface area contributed by atoms with Gasteiger partial charge in [-0.2, -0.15) is 0 Å². The van der Waals surface area contributed by atoms with Gasteiger partial charge in [0.05, 0.1) is 18.4 Å². The molecule has 0 unspecified atom stereocenters. The van der Waals surface area contributed by atoms with Gasteiger partial charge in [-0.3, -0.25) is 4.98 Å². The Balaban J connectivity index is 1.99. The number of rotatable bonds is 6. The van der Waals surface area contributed by atoms with Crippen LogP contribution in [0.25, 0.3) is 11.1 Å². The molecule has 0 fully saturated rings. The first-order chi connectivity index (χ1) is 13.4. The monoisotopic (exact) mass is 383 g/mol. The number of carboxylic acid groups (broad SMARTS) is 1. The predicted molar refractivity (Wildman–Crippen MR) is 102 cm³/mol. The van der Waals surface area contributed by atoms with E-state index in [-0.39, 0.29) is 23.2 Å². The highest BCUT2D eigenvalue weighted by molar-refractivity contribution is 5.89. The molecule has 0 spiro atoms. The van der Waals surface area contributed by atoms with Gasteiger partial charge in [0.25, 0.3) is 0 Å². The van der Waals surface area contributed by atoms with E-state index in [1.165, 1.54) is 31.5 Å². The Morgan fingerprint density at radius 1 is 1.11 bits per heavy atom. The number of carbonyl (C=O) groups is 1. The van der Waals surface area contributed by atoms with Crippen molar-refractivity contribution in [3.63, 3.8) is 0 Å². The number of hydrogen-bond acceptors (Lipinski definition) is 3. The largest absolute Gasteiger partial charge is 0.497 e. The lowest BCUT2D eigenvalue weighted by molar-refractivity contribution is 0.0695. The lowest BCUT2D eigenvalue weighted by Crippen LogP contribution is -2.09. The lowest BCUT2D eigenvalue weighted by Gasteiger charge is -2.11. The van der Waals surface area contributed by atoms with Crippen molar-refractivity contribution in [1.29, 1.82) is 0 Å². The molecule has 0 bridgehead atoms. The Kier molecular flexibility index (Phi) is 5.68. The van der Waals surface area contributed by atoms with Crippen LogP contribution in [-0.2, 0) is 12.8 Å². The van der Waals surface area contributed by atoms with Gasteiger partial charge in [-0.15, -0.1) is 0 Å². The standard InChI is InChI=1S/C22H19F2NO3/c1-3-13-7-18(22(26)27)21(25-12-13)11-17-19(23)9-15(10-20(17)24)14-5-4-6-16(8-14)28-2/h4-10,12H,3,11H2,1-2H3,(H,26,27). The predicted octanol–water partition coefficient (Wildman–Crippen LogP) is 4.89. The van der Waals surface area contributed by atoms with Gasteiger partial charge in [0.15, 0.2) is 0 Å². The summed E-state index contributed by atoms with van der Waals surface area (Å²) in [4.78, 5) is 15.6. The van der Waals surface area contributed by atoms with Gasteiger partial charge in [0.2, 0.25) is 0 Å². The summed E-state index contributed by atoms with van der Waals surface area (Å²) in [6.45, 7) is 1.87. The molecule has 3 aromatic rings. The van der Waals surface area contributed by atoms with E-state index in [0.717, 1.165) is 5.56 Å². The van der Waals surface area contributed by atoms with E-state index in [1.807, 2.05) is 6.92 Å². The van der Waals surface area contributed by atoms with Crippen molar-refractivity contribution in [1.82, 2.24) is 4.98 Å². The molecule has 0 aliphatic carbocycles.